The molecule has 0 aromatic rings. The Hall–Kier alpha value is -2.55. The third kappa shape index (κ3) is 64.6. The van der Waals surface area contributed by atoms with Gasteiger partial charge in [-0.15, -0.1) is 0 Å². The van der Waals surface area contributed by atoms with Gasteiger partial charge in [-0.05, 0) is 83.5 Å². The fourth-order valence-electron chi connectivity index (χ4n) is 9.56. The van der Waals surface area contributed by atoms with Crippen molar-refractivity contribution in [1.82, 2.24) is 0 Å². The molecule has 0 fully saturated rings. The molecule has 0 aliphatic rings. The normalized spacial score (nSPS) is 13.6. The SMILES string of the molecule is CC/C=C\C/C=C\C/C=C\C/C=C\CCCCCCCCCCCCCCC(=O)OC(COC(=O)CCCCCCCCCCCCCCCCCCCCC/C=C\C/C=C\CCCCCCC)COP(=O)([O-])OCC[N+](C)(C)C. The molecule has 466 valence electrons. The molecule has 2 atom stereocenters. The highest BCUT2D eigenvalue weighted by molar-refractivity contribution is 7.45. The number of esters is 2. The van der Waals surface area contributed by atoms with E-state index in [1.165, 1.54) is 205 Å². The van der Waals surface area contributed by atoms with Gasteiger partial charge < -0.3 is 27.9 Å². The Balaban J connectivity index is 4.04. The van der Waals surface area contributed by atoms with Crippen molar-refractivity contribution in [2.24, 2.45) is 0 Å². The quantitative estimate of drug-likeness (QED) is 0.0195. The molecule has 0 N–H and O–H groups in total. The summed E-state index contributed by atoms with van der Waals surface area (Å²) in [6, 6.07) is 0. The van der Waals surface area contributed by atoms with Crippen molar-refractivity contribution in [3.63, 3.8) is 0 Å². The molecule has 80 heavy (non-hydrogen) atoms. The number of hydrogen-bond donors (Lipinski definition) is 0. The Morgan fingerprint density at radius 3 is 1.06 bits per heavy atom. The molecule has 0 rings (SSSR count). The average molecular weight is 1140 g/mol. The van der Waals surface area contributed by atoms with E-state index in [1.807, 2.05) is 21.1 Å². The van der Waals surface area contributed by atoms with E-state index in [4.69, 9.17) is 18.5 Å². The van der Waals surface area contributed by atoms with E-state index < -0.39 is 26.5 Å². The van der Waals surface area contributed by atoms with Crippen LogP contribution in [0.3, 0.4) is 0 Å². The smallest absolute Gasteiger partial charge is 0.306 e. The number of phosphoric acid groups is 1. The molecule has 0 radical (unpaired) electrons. The average Bonchev–Trinajstić information content (AvgIpc) is 3.42. The minimum absolute atomic E-state index is 0.0320. The van der Waals surface area contributed by atoms with Crippen LogP contribution in [0.15, 0.2) is 72.9 Å². The number of unbranched alkanes of at least 4 members (excludes halogenated alkanes) is 36. The lowest BCUT2D eigenvalue weighted by molar-refractivity contribution is -0.870. The zero-order valence-electron chi connectivity index (χ0n) is 53.0. The molecule has 2 unspecified atom stereocenters. The van der Waals surface area contributed by atoms with E-state index in [9.17, 15) is 19.0 Å². The van der Waals surface area contributed by atoms with Gasteiger partial charge in [0.1, 0.15) is 19.8 Å². The highest BCUT2D eigenvalue weighted by Crippen LogP contribution is 2.38. The molecule has 0 saturated carbocycles. The number of likely N-dealkylation sites (N-methyl/N-ethyl adjacent to an activating group) is 1. The second kappa shape index (κ2) is 61.0. The third-order valence-corrected chi connectivity index (χ3v) is 15.7. The van der Waals surface area contributed by atoms with Crippen molar-refractivity contribution in [3.8, 4) is 0 Å². The van der Waals surface area contributed by atoms with Gasteiger partial charge in [-0.3, -0.25) is 14.2 Å². The Kier molecular flexibility index (Phi) is 59.1. The summed E-state index contributed by atoms with van der Waals surface area (Å²) in [5, 5.41) is 0. The van der Waals surface area contributed by atoms with Crippen LogP contribution in [0.25, 0.3) is 0 Å². The minimum atomic E-state index is -4.64. The fourth-order valence-corrected chi connectivity index (χ4v) is 10.3. The van der Waals surface area contributed by atoms with Crippen LogP contribution in [-0.4, -0.2) is 70.0 Å². The van der Waals surface area contributed by atoms with Gasteiger partial charge in [0.2, 0.25) is 0 Å². The van der Waals surface area contributed by atoms with Crippen LogP contribution < -0.4 is 4.89 Å². The van der Waals surface area contributed by atoms with Gasteiger partial charge in [0.15, 0.2) is 6.10 Å². The predicted octanol–water partition coefficient (Wildman–Crippen LogP) is 21.0. The number of nitrogens with zero attached hydrogens (tertiary/aromatic N) is 1. The van der Waals surface area contributed by atoms with Gasteiger partial charge in [0, 0.05) is 12.8 Å². The molecule has 0 heterocycles. The number of carbonyl (C=O) groups is 2. The van der Waals surface area contributed by atoms with Crippen molar-refractivity contribution in [1.29, 1.82) is 0 Å². The number of phosphoric ester groups is 1. The number of hydrogen-bond acceptors (Lipinski definition) is 8. The predicted molar refractivity (Wildman–Crippen MR) is 342 cm³/mol. The van der Waals surface area contributed by atoms with Gasteiger partial charge >= 0.3 is 11.9 Å². The monoisotopic (exact) mass is 1140 g/mol. The number of quaternary nitrogens is 1. The van der Waals surface area contributed by atoms with Crippen LogP contribution in [0.2, 0.25) is 0 Å². The second-order valence-corrected chi connectivity index (χ2v) is 25.2. The number of carbonyl (C=O) groups excluding carboxylic acids is 2. The van der Waals surface area contributed by atoms with Gasteiger partial charge in [-0.2, -0.15) is 0 Å². The first-order chi connectivity index (χ1) is 39.0. The van der Waals surface area contributed by atoms with E-state index in [0.717, 1.165) is 70.6 Å². The Bertz CT molecular complexity index is 1580. The fraction of sp³-hybridized carbons (Fsp3) is 0.800. The summed E-state index contributed by atoms with van der Waals surface area (Å²) in [6.07, 6.45) is 81.2. The van der Waals surface area contributed by atoms with Crippen LogP contribution in [0.4, 0.5) is 0 Å². The minimum Gasteiger partial charge on any atom is -0.756 e. The summed E-state index contributed by atoms with van der Waals surface area (Å²) in [4.78, 5) is 38.0. The first-order valence-electron chi connectivity index (χ1n) is 33.6. The zero-order chi connectivity index (χ0) is 58.4. The summed E-state index contributed by atoms with van der Waals surface area (Å²) in [5.41, 5.74) is 0. The van der Waals surface area contributed by atoms with Gasteiger partial charge in [0.25, 0.3) is 7.82 Å². The molecule has 0 aliphatic heterocycles. The number of allylic oxidation sites excluding steroid dienone is 12. The maximum Gasteiger partial charge on any atom is 0.306 e. The number of ether oxygens (including phenoxy) is 2. The first-order valence-corrected chi connectivity index (χ1v) is 35.1. The Labute approximate surface area is 495 Å². The van der Waals surface area contributed by atoms with E-state index in [-0.39, 0.29) is 32.0 Å². The van der Waals surface area contributed by atoms with Crippen molar-refractivity contribution < 1.29 is 42.1 Å². The summed E-state index contributed by atoms with van der Waals surface area (Å²) in [6.45, 7) is 4.15. The van der Waals surface area contributed by atoms with Crippen LogP contribution in [0.5, 0.6) is 0 Å². The first kappa shape index (κ1) is 77.5. The molecule has 9 nitrogen and oxygen atoms in total. The molecule has 0 aliphatic carbocycles. The van der Waals surface area contributed by atoms with Crippen LogP contribution in [0, 0.1) is 0 Å². The topological polar surface area (TPSA) is 111 Å². The lowest BCUT2D eigenvalue weighted by atomic mass is 10.0. The number of rotatable bonds is 62. The molecule has 10 heteroatoms. The standard InChI is InChI=1S/C70H128NO8P/c1-6-8-10-12-14-16-18-20-22-24-26-28-30-32-33-34-35-36-37-39-40-42-44-46-48-50-52-54-56-58-60-62-69(72)76-66-68(67-78-80(74,75)77-65-64-71(3,4)5)79-70(73)63-61-59-57-55-53-51-49-47-45-43-41-38-31-29-27-25-23-21-19-17-15-13-11-9-7-2/h9,11,15,17-18,20-21,23-24,26-27,29,68H,6-8,10,12-14,16,19,22,25,28,30-67H2,1-5H3/b11-9-,17-15-,20-18-,23-21-,26-24-,29-27-. The van der Waals surface area contributed by atoms with E-state index in [1.54, 1.807) is 0 Å². The second-order valence-electron chi connectivity index (χ2n) is 23.8. The highest BCUT2D eigenvalue weighted by atomic mass is 31.2. The van der Waals surface area contributed by atoms with E-state index >= 15 is 0 Å². The Morgan fingerprint density at radius 2 is 0.713 bits per heavy atom. The van der Waals surface area contributed by atoms with Gasteiger partial charge in [-0.1, -0.05) is 286 Å². The molecule has 0 aromatic heterocycles. The molecule has 0 aromatic carbocycles. The maximum atomic E-state index is 12.8. The lowest BCUT2D eigenvalue weighted by Crippen LogP contribution is -2.37. The zero-order valence-corrected chi connectivity index (χ0v) is 53.9. The van der Waals surface area contributed by atoms with Crippen molar-refractivity contribution in [2.45, 2.75) is 315 Å². The summed E-state index contributed by atoms with van der Waals surface area (Å²) in [7, 11) is 1.17. The molecule has 0 saturated heterocycles. The van der Waals surface area contributed by atoms with Gasteiger partial charge in [0.05, 0.1) is 27.7 Å². The highest BCUT2D eigenvalue weighted by Gasteiger charge is 2.22. The van der Waals surface area contributed by atoms with Crippen LogP contribution in [-0.2, 0) is 32.7 Å². The van der Waals surface area contributed by atoms with Crippen LogP contribution >= 0.6 is 7.82 Å². The molecule has 0 bridgehead atoms. The maximum absolute atomic E-state index is 12.8. The van der Waals surface area contributed by atoms with E-state index in [2.05, 4.69) is 86.8 Å². The van der Waals surface area contributed by atoms with E-state index in [0.29, 0.717) is 17.4 Å². The lowest BCUT2D eigenvalue weighted by Gasteiger charge is -2.28. The molecular formula is C70H128NO8P. The van der Waals surface area contributed by atoms with Crippen molar-refractivity contribution >= 4 is 19.8 Å². The summed E-state index contributed by atoms with van der Waals surface area (Å²) < 4.78 is 34.3. The third-order valence-electron chi connectivity index (χ3n) is 14.7. The molecule has 0 amide bonds. The summed E-state index contributed by atoms with van der Waals surface area (Å²) >= 11 is 0. The molecule has 0 spiro atoms. The van der Waals surface area contributed by atoms with Gasteiger partial charge in [-0.25, -0.2) is 0 Å². The molecular weight excluding hydrogens is 1010 g/mol. The van der Waals surface area contributed by atoms with Crippen molar-refractivity contribution in [2.75, 3.05) is 47.5 Å². The van der Waals surface area contributed by atoms with Crippen molar-refractivity contribution in [3.05, 3.63) is 72.9 Å². The Morgan fingerprint density at radius 1 is 0.400 bits per heavy atom. The summed E-state index contributed by atoms with van der Waals surface area (Å²) in [5.74, 6) is -0.825. The largest absolute Gasteiger partial charge is 0.756 e. The van der Waals surface area contributed by atoms with Crippen LogP contribution in [0.1, 0.15) is 309 Å².